The summed E-state index contributed by atoms with van der Waals surface area (Å²) in [6.45, 7) is 2.13. The minimum Gasteiger partial charge on any atom is -0.495 e. The topological polar surface area (TPSA) is 113 Å². The number of nitrogens with zero attached hydrogens (tertiary/aromatic N) is 1. The third-order valence-corrected chi connectivity index (χ3v) is 5.90. The molecule has 138 valence electrons. The van der Waals surface area contributed by atoms with E-state index in [2.05, 4.69) is 4.72 Å². The van der Waals surface area contributed by atoms with Crippen LogP contribution in [0.3, 0.4) is 0 Å². The lowest BCUT2D eigenvalue weighted by Gasteiger charge is -2.37. The Morgan fingerprint density at radius 3 is 2.60 bits per heavy atom. The van der Waals surface area contributed by atoms with Crippen LogP contribution in [-0.2, 0) is 14.8 Å². The number of hydrogen-bond donors (Lipinski definition) is 2. The number of amides is 1. The average Bonchev–Trinajstić information content (AvgIpc) is 2.60. The Hall–Kier alpha value is -2.13. The fraction of sp³-hybridized carbons (Fsp3) is 0.500. The smallest absolute Gasteiger partial charge is 0.311 e. The summed E-state index contributed by atoms with van der Waals surface area (Å²) in [5.41, 5.74) is -0.829. The summed E-state index contributed by atoms with van der Waals surface area (Å²) in [6.07, 6.45) is 1.07. The molecule has 1 heterocycles. The lowest BCUT2D eigenvalue weighted by atomic mass is 9.82. The van der Waals surface area contributed by atoms with Crippen LogP contribution in [0.15, 0.2) is 23.1 Å². The summed E-state index contributed by atoms with van der Waals surface area (Å²) < 4.78 is 31.5. The van der Waals surface area contributed by atoms with Gasteiger partial charge in [-0.2, -0.15) is 0 Å². The standard InChI is InChI=1S/C16H22N2O6S/c1-16(15(20)21)7-4-8-18(10-16)14(19)11-5-6-12(24-3)13(9-11)25(22,23)17-2/h5-6,9,17H,4,7-8,10H2,1-3H3,(H,20,21). The van der Waals surface area contributed by atoms with E-state index in [1.165, 1.54) is 37.3 Å². The van der Waals surface area contributed by atoms with Crippen LogP contribution < -0.4 is 9.46 Å². The Kier molecular flexibility index (Phi) is 5.38. The van der Waals surface area contributed by atoms with Crippen LogP contribution in [-0.4, -0.2) is 57.5 Å². The van der Waals surface area contributed by atoms with Crippen molar-refractivity contribution in [2.45, 2.75) is 24.7 Å². The number of piperidine rings is 1. The van der Waals surface area contributed by atoms with Crippen LogP contribution in [0.4, 0.5) is 0 Å². The molecule has 1 aromatic carbocycles. The minimum atomic E-state index is -3.80. The predicted octanol–water partition coefficient (Wildman–Crippen LogP) is 0.930. The number of carbonyl (C=O) groups excluding carboxylic acids is 1. The SMILES string of the molecule is CNS(=O)(=O)c1cc(C(=O)N2CCCC(C)(C(=O)O)C2)ccc1OC. The number of carboxylic acids is 1. The number of rotatable bonds is 5. The van der Waals surface area contributed by atoms with E-state index >= 15 is 0 Å². The highest BCUT2D eigenvalue weighted by atomic mass is 32.2. The molecule has 1 aromatic rings. The molecule has 25 heavy (non-hydrogen) atoms. The first kappa shape index (κ1) is 19.2. The van der Waals surface area contributed by atoms with Crippen LogP contribution in [0, 0.1) is 5.41 Å². The Morgan fingerprint density at radius 1 is 1.36 bits per heavy atom. The van der Waals surface area contributed by atoms with Crippen molar-refractivity contribution in [3.05, 3.63) is 23.8 Å². The summed E-state index contributed by atoms with van der Waals surface area (Å²) in [4.78, 5) is 25.5. The van der Waals surface area contributed by atoms with E-state index in [1.807, 2.05) is 0 Å². The van der Waals surface area contributed by atoms with E-state index in [0.29, 0.717) is 19.4 Å². The van der Waals surface area contributed by atoms with E-state index in [4.69, 9.17) is 4.74 Å². The first-order chi connectivity index (χ1) is 11.6. The van der Waals surface area contributed by atoms with Crippen LogP contribution >= 0.6 is 0 Å². The molecule has 1 saturated heterocycles. The number of aliphatic carboxylic acids is 1. The zero-order valence-corrected chi connectivity index (χ0v) is 15.2. The highest BCUT2D eigenvalue weighted by Crippen LogP contribution is 2.31. The fourth-order valence-electron chi connectivity index (χ4n) is 2.90. The summed E-state index contributed by atoms with van der Waals surface area (Å²) in [5, 5.41) is 9.38. The molecule has 0 aromatic heterocycles. The van der Waals surface area contributed by atoms with Crippen LogP contribution in [0.5, 0.6) is 5.75 Å². The molecular formula is C16H22N2O6S. The normalized spacial score (nSPS) is 21.0. The molecule has 1 unspecified atom stereocenters. The largest absolute Gasteiger partial charge is 0.495 e. The van der Waals surface area contributed by atoms with E-state index < -0.39 is 27.3 Å². The lowest BCUT2D eigenvalue weighted by molar-refractivity contribution is -0.150. The molecule has 1 fully saturated rings. The van der Waals surface area contributed by atoms with Gasteiger partial charge in [0, 0.05) is 18.7 Å². The van der Waals surface area contributed by atoms with Gasteiger partial charge in [-0.3, -0.25) is 9.59 Å². The summed E-state index contributed by atoms with van der Waals surface area (Å²) >= 11 is 0. The summed E-state index contributed by atoms with van der Waals surface area (Å²) in [6, 6.07) is 4.14. The molecule has 0 aliphatic carbocycles. The summed E-state index contributed by atoms with van der Waals surface area (Å²) in [5.74, 6) is -1.22. The van der Waals surface area contributed by atoms with Gasteiger partial charge in [-0.25, -0.2) is 13.1 Å². The van der Waals surface area contributed by atoms with Gasteiger partial charge in [0.05, 0.1) is 12.5 Å². The Bertz CT molecular complexity index is 792. The Balaban J connectivity index is 2.37. The molecule has 9 heteroatoms. The Labute approximate surface area is 146 Å². The number of ether oxygens (including phenoxy) is 1. The van der Waals surface area contributed by atoms with Gasteiger partial charge >= 0.3 is 5.97 Å². The van der Waals surface area contributed by atoms with E-state index in [-0.39, 0.29) is 22.8 Å². The van der Waals surface area contributed by atoms with Gasteiger partial charge in [0.1, 0.15) is 10.6 Å². The van der Waals surface area contributed by atoms with Crippen molar-refractivity contribution in [2.75, 3.05) is 27.2 Å². The van der Waals surface area contributed by atoms with E-state index in [0.717, 1.165) is 0 Å². The maximum absolute atomic E-state index is 12.8. The summed E-state index contributed by atoms with van der Waals surface area (Å²) in [7, 11) is -1.19. The minimum absolute atomic E-state index is 0.0846. The van der Waals surface area contributed by atoms with Gasteiger partial charge in [-0.15, -0.1) is 0 Å². The average molecular weight is 370 g/mol. The third kappa shape index (κ3) is 3.77. The monoisotopic (exact) mass is 370 g/mol. The molecule has 0 bridgehead atoms. The second-order valence-electron chi connectivity index (χ2n) is 6.27. The molecule has 8 nitrogen and oxygen atoms in total. The van der Waals surface area contributed by atoms with Crippen LogP contribution in [0.25, 0.3) is 0 Å². The number of benzene rings is 1. The van der Waals surface area contributed by atoms with Crippen LogP contribution in [0.2, 0.25) is 0 Å². The maximum atomic E-state index is 12.8. The van der Waals surface area contributed by atoms with Crippen molar-refractivity contribution in [2.24, 2.45) is 5.41 Å². The number of carbonyl (C=O) groups is 2. The number of carboxylic acid groups (broad SMARTS) is 1. The molecule has 0 radical (unpaired) electrons. The highest BCUT2D eigenvalue weighted by molar-refractivity contribution is 7.89. The van der Waals surface area contributed by atoms with Crippen molar-refractivity contribution in [3.63, 3.8) is 0 Å². The number of likely N-dealkylation sites (tertiary alicyclic amines) is 1. The molecule has 1 aliphatic heterocycles. The van der Waals surface area contributed by atoms with Gasteiger partial charge in [-0.1, -0.05) is 0 Å². The number of methoxy groups -OCH3 is 1. The molecular weight excluding hydrogens is 348 g/mol. The molecule has 1 atom stereocenters. The molecule has 2 N–H and O–H groups in total. The lowest BCUT2D eigenvalue weighted by Crippen LogP contribution is -2.48. The van der Waals surface area contributed by atoms with Gasteiger partial charge in [0.15, 0.2) is 0 Å². The van der Waals surface area contributed by atoms with Gasteiger partial charge < -0.3 is 14.7 Å². The first-order valence-corrected chi connectivity index (χ1v) is 9.27. The number of sulfonamides is 1. The highest BCUT2D eigenvalue weighted by Gasteiger charge is 2.39. The van der Waals surface area contributed by atoms with Gasteiger partial charge in [-0.05, 0) is 45.0 Å². The zero-order valence-electron chi connectivity index (χ0n) is 14.4. The van der Waals surface area contributed by atoms with E-state index in [9.17, 15) is 23.1 Å². The second-order valence-corrected chi connectivity index (χ2v) is 8.12. The van der Waals surface area contributed by atoms with Crippen molar-refractivity contribution in [1.29, 1.82) is 0 Å². The van der Waals surface area contributed by atoms with Crippen molar-refractivity contribution in [1.82, 2.24) is 9.62 Å². The van der Waals surface area contributed by atoms with Gasteiger partial charge in [0.2, 0.25) is 10.0 Å². The molecule has 2 rings (SSSR count). The van der Waals surface area contributed by atoms with Gasteiger partial charge in [0.25, 0.3) is 5.91 Å². The quantitative estimate of drug-likeness (QED) is 0.797. The predicted molar refractivity (Wildman–Crippen MR) is 90.1 cm³/mol. The van der Waals surface area contributed by atoms with E-state index in [1.54, 1.807) is 6.92 Å². The molecule has 1 amide bonds. The van der Waals surface area contributed by atoms with Crippen molar-refractivity contribution < 1.29 is 27.9 Å². The zero-order chi connectivity index (χ0) is 18.8. The Morgan fingerprint density at radius 2 is 2.04 bits per heavy atom. The molecule has 1 aliphatic rings. The number of nitrogens with one attached hydrogen (secondary N) is 1. The van der Waals surface area contributed by atoms with Crippen molar-refractivity contribution >= 4 is 21.9 Å². The second kappa shape index (κ2) is 7.01. The van der Waals surface area contributed by atoms with Crippen LogP contribution in [0.1, 0.15) is 30.1 Å². The molecule has 0 saturated carbocycles. The number of hydrogen-bond acceptors (Lipinski definition) is 5. The molecule has 0 spiro atoms. The maximum Gasteiger partial charge on any atom is 0.311 e. The van der Waals surface area contributed by atoms with Crippen molar-refractivity contribution in [3.8, 4) is 5.75 Å². The third-order valence-electron chi connectivity index (χ3n) is 4.47. The first-order valence-electron chi connectivity index (χ1n) is 7.79. The fourth-order valence-corrected chi connectivity index (χ4v) is 3.82.